The lowest BCUT2D eigenvalue weighted by molar-refractivity contribution is 0.147. The molecule has 1 N–H and O–H groups in total. The van der Waals surface area contributed by atoms with Crippen molar-refractivity contribution in [2.24, 2.45) is 0 Å². The Labute approximate surface area is 166 Å². The number of benzene rings is 2. The van der Waals surface area contributed by atoms with E-state index in [9.17, 15) is 5.11 Å². The third-order valence-electron chi connectivity index (χ3n) is 5.27. The predicted octanol–water partition coefficient (Wildman–Crippen LogP) is 3.28. The maximum Gasteiger partial charge on any atom is 0.131 e. The first-order valence-corrected chi connectivity index (χ1v) is 9.73. The largest absolute Gasteiger partial charge is 0.507 e. The fourth-order valence-electron chi connectivity index (χ4n) is 3.50. The van der Waals surface area contributed by atoms with Gasteiger partial charge in [0, 0.05) is 61.9 Å². The molecule has 1 aliphatic heterocycles. The fourth-order valence-corrected chi connectivity index (χ4v) is 3.50. The molecule has 2 heterocycles. The van der Waals surface area contributed by atoms with Gasteiger partial charge in [-0.25, -0.2) is 0 Å². The minimum atomic E-state index is 0.329. The zero-order valence-electron chi connectivity index (χ0n) is 16.2. The SMILES string of the molecule is CN1CCN(Cc2cnc3ccc(C#CCc4ccccc4)cc3c2O)CC1. The van der Waals surface area contributed by atoms with Crippen LogP contribution in [0.25, 0.3) is 10.9 Å². The molecule has 1 saturated heterocycles. The summed E-state index contributed by atoms with van der Waals surface area (Å²) in [5, 5.41) is 11.6. The number of aromatic hydroxyl groups is 1. The molecule has 0 amide bonds. The lowest BCUT2D eigenvalue weighted by atomic mass is 10.1. The van der Waals surface area contributed by atoms with Gasteiger partial charge in [0.1, 0.15) is 5.75 Å². The van der Waals surface area contributed by atoms with Crippen LogP contribution in [0.4, 0.5) is 0 Å². The number of likely N-dealkylation sites (N-methyl/N-ethyl adjacent to an activating group) is 1. The second kappa shape index (κ2) is 8.43. The fraction of sp³-hybridized carbons (Fsp3) is 0.292. The number of hydrogen-bond acceptors (Lipinski definition) is 4. The van der Waals surface area contributed by atoms with E-state index in [4.69, 9.17) is 0 Å². The molecular formula is C24H25N3O. The first-order chi connectivity index (χ1) is 13.7. The maximum absolute atomic E-state index is 10.8. The molecule has 0 aliphatic carbocycles. The van der Waals surface area contributed by atoms with Crippen LogP contribution in [0.15, 0.2) is 54.7 Å². The molecule has 0 unspecified atom stereocenters. The van der Waals surface area contributed by atoms with Crippen LogP contribution >= 0.6 is 0 Å². The topological polar surface area (TPSA) is 39.6 Å². The van der Waals surface area contributed by atoms with E-state index in [-0.39, 0.29) is 0 Å². The lowest BCUT2D eigenvalue weighted by Gasteiger charge is -2.32. The number of nitrogens with zero attached hydrogens (tertiary/aromatic N) is 3. The Morgan fingerprint density at radius 1 is 1.04 bits per heavy atom. The zero-order valence-corrected chi connectivity index (χ0v) is 16.2. The number of hydrogen-bond donors (Lipinski definition) is 1. The molecule has 0 spiro atoms. The van der Waals surface area contributed by atoms with Gasteiger partial charge in [0.05, 0.1) is 5.52 Å². The van der Waals surface area contributed by atoms with E-state index in [1.807, 2.05) is 36.4 Å². The first-order valence-electron chi connectivity index (χ1n) is 9.73. The molecule has 0 atom stereocenters. The third kappa shape index (κ3) is 4.33. The van der Waals surface area contributed by atoms with Crippen molar-refractivity contribution in [3.05, 3.63) is 71.4 Å². The summed E-state index contributed by atoms with van der Waals surface area (Å²) >= 11 is 0. The molecule has 0 saturated carbocycles. The summed E-state index contributed by atoms with van der Waals surface area (Å²) in [7, 11) is 2.15. The molecule has 0 bridgehead atoms. The molecule has 1 aliphatic rings. The number of fused-ring (bicyclic) bond motifs is 1. The number of piperazine rings is 1. The number of aromatic nitrogens is 1. The van der Waals surface area contributed by atoms with Crippen molar-refractivity contribution in [2.45, 2.75) is 13.0 Å². The van der Waals surface area contributed by atoms with Gasteiger partial charge in [-0.05, 0) is 30.8 Å². The molecule has 1 fully saturated rings. The Hall–Kier alpha value is -2.87. The van der Waals surface area contributed by atoms with E-state index in [1.54, 1.807) is 6.20 Å². The molecule has 28 heavy (non-hydrogen) atoms. The Morgan fingerprint density at radius 2 is 1.82 bits per heavy atom. The summed E-state index contributed by atoms with van der Waals surface area (Å²) in [6, 6.07) is 16.1. The third-order valence-corrected chi connectivity index (χ3v) is 5.27. The van der Waals surface area contributed by atoms with Gasteiger partial charge in [-0.2, -0.15) is 0 Å². The van der Waals surface area contributed by atoms with Crippen molar-refractivity contribution < 1.29 is 5.11 Å². The lowest BCUT2D eigenvalue weighted by Crippen LogP contribution is -2.43. The monoisotopic (exact) mass is 371 g/mol. The van der Waals surface area contributed by atoms with Crippen molar-refractivity contribution in [1.82, 2.24) is 14.8 Å². The van der Waals surface area contributed by atoms with Crippen molar-refractivity contribution in [2.75, 3.05) is 33.2 Å². The highest BCUT2D eigenvalue weighted by atomic mass is 16.3. The van der Waals surface area contributed by atoms with Crippen LogP contribution in [0, 0.1) is 11.8 Å². The molecule has 0 radical (unpaired) electrons. The van der Waals surface area contributed by atoms with Crippen LogP contribution in [0.2, 0.25) is 0 Å². The summed E-state index contributed by atoms with van der Waals surface area (Å²) in [5.41, 5.74) is 3.78. The normalized spacial score (nSPS) is 15.3. The summed E-state index contributed by atoms with van der Waals surface area (Å²) in [5.74, 6) is 6.76. The highest BCUT2D eigenvalue weighted by molar-refractivity contribution is 5.87. The first kappa shape index (κ1) is 18.5. The van der Waals surface area contributed by atoms with Crippen molar-refractivity contribution in [3.63, 3.8) is 0 Å². The molecule has 4 heteroatoms. The molecular weight excluding hydrogens is 346 g/mol. The zero-order chi connectivity index (χ0) is 19.3. The quantitative estimate of drug-likeness (QED) is 0.718. The van der Waals surface area contributed by atoms with Crippen LogP contribution in [-0.4, -0.2) is 53.1 Å². The Kier molecular flexibility index (Phi) is 5.57. The van der Waals surface area contributed by atoms with Gasteiger partial charge in [-0.15, -0.1) is 0 Å². The average Bonchev–Trinajstić information content (AvgIpc) is 2.73. The smallest absolute Gasteiger partial charge is 0.131 e. The number of rotatable bonds is 3. The van der Waals surface area contributed by atoms with Crippen molar-refractivity contribution in [3.8, 4) is 17.6 Å². The summed E-state index contributed by atoms with van der Waals surface area (Å²) in [6.07, 6.45) is 2.52. The highest BCUT2D eigenvalue weighted by Crippen LogP contribution is 2.29. The highest BCUT2D eigenvalue weighted by Gasteiger charge is 2.16. The second-order valence-corrected chi connectivity index (χ2v) is 7.41. The molecule has 142 valence electrons. The van der Waals surface area contributed by atoms with E-state index in [2.05, 4.69) is 45.8 Å². The Bertz CT molecular complexity index is 1010. The van der Waals surface area contributed by atoms with Gasteiger partial charge < -0.3 is 10.0 Å². The van der Waals surface area contributed by atoms with E-state index in [1.165, 1.54) is 5.56 Å². The van der Waals surface area contributed by atoms with E-state index < -0.39 is 0 Å². The average molecular weight is 371 g/mol. The van der Waals surface area contributed by atoms with E-state index in [0.29, 0.717) is 12.2 Å². The van der Waals surface area contributed by atoms with E-state index in [0.717, 1.165) is 54.8 Å². The summed E-state index contributed by atoms with van der Waals surface area (Å²) < 4.78 is 0. The second-order valence-electron chi connectivity index (χ2n) is 7.41. The van der Waals surface area contributed by atoms with Crippen LogP contribution in [-0.2, 0) is 13.0 Å². The summed E-state index contributed by atoms with van der Waals surface area (Å²) in [4.78, 5) is 9.24. The Morgan fingerprint density at radius 3 is 2.61 bits per heavy atom. The summed E-state index contributed by atoms with van der Waals surface area (Å²) in [6.45, 7) is 4.87. The maximum atomic E-state index is 10.8. The molecule has 3 aromatic rings. The van der Waals surface area contributed by atoms with Gasteiger partial charge in [0.2, 0.25) is 0 Å². The van der Waals surface area contributed by atoms with Crippen LogP contribution in [0.1, 0.15) is 16.7 Å². The molecule has 1 aromatic heterocycles. The molecule has 4 rings (SSSR count). The number of pyridine rings is 1. The predicted molar refractivity (Wildman–Crippen MR) is 113 cm³/mol. The van der Waals surface area contributed by atoms with Gasteiger partial charge in [0.15, 0.2) is 0 Å². The standard InChI is InChI=1S/C24H25N3O/c1-26-12-14-27(15-13-26)18-21-17-25-23-11-10-20(16-22(23)24(21)28)9-5-8-19-6-3-2-4-7-19/h2-4,6-7,10-11,16-17H,8,12-15,18H2,1H3,(H,25,28). The minimum Gasteiger partial charge on any atom is -0.507 e. The molecule has 4 nitrogen and oxygen atoms in total. The van der Waals surface area contributed by atoms with Gasteiger partial charge in [-0.1, -0.05) is 42.2 Å². The van der Waals surface area contributed by atoms with Gasteiger partial charge in [0.25, 0.3) is 0 Å². The van der Waals surface area contributed by atoms with E-state index >= 15 is 0 Å². The van der Waals surface area contributed by atoms with Crippen LogP contribution in [0.5, 0.6) is 5.75 Å². The van der Waals surface area contributed by atoms with Crippen LogP contribution < -0.4 is 0 Å². The minimum absolute atomic E-state index is 0.329. The van der Waals surface area contributed by atoms with Gasteiger partial charge >= 0.3 is 0 Å². The van der Waals surface area contributed by atoms with Crippen molar-refractivity contribution >= 4 is 10.9 Å². The Balaban J connectivity index is 1.54. The van der Waals surface area contributed by atoms with Crippen LogP contribution in [0.3, 0.4) is 0 Å². The van der Waals surface area contributed by atoms with Crippen molar-refractivity contribution in [1.29, 1.82) is 0 Å². The molecule has 2 aromatic carbocycles. The van der Waals surface area contributed by atoms with Gasteiger partial charge in [-0.3, -0.25) is 9.88 Å².